The van der Waals surface area contributed by atoms with Crippen molar-refractivity contribution in [2.45, 2.75) is 31.6 Å². The van der Waals surface area contributed by atoms with Crippen LogP contribution in [0.3, 0.4) is 0 Å². The number of nitrogens with zero attached hydrogens (tertiary/aromatic N) is 3. The third-order valence-corrected chi connectivity index (χ3v) is 10.0. The number of pyridine rings is 2. The monoisotopic (exact) mass is 685 g/mol. The molecule has 236 valence electrons. The van der Waals surface area contributed by atoms with Crippen LogP contribution in [0, 0.1) is 13.8 Å². The Morgan fingerprint density at radius 2 is 1.42 bits per heavy atom. The first kappa shape index (κ1) is 33.0. The minimum Gasteiger partial charge on any atom is -0.497 e. The molecule has 5 aromatic rings. The highest BCUT2D eigenvalue weighted by Crippen LogP contribution is 2.32. The third-order valence-electron chi connectivity index (χ3n) is 7.38. The van der Waals surface area contributed by atoms with Gasteiger partial charge in [-0.25, -0.2) is 8.42 Å². The third kappa shape index (κ3) is 7.91. The zero-order valence-electron chi connectivity index (χ0n) is 25.2. The summed E-state index contributed by atoms with van der Waals surface area (Å²) >= 11 is 18.9. The summed E-state index contributed by atoms with van der Waals surface area (Å²) in [5, 5.41) is 10.2. The van der Waals surface area contributed by atoms with E-state index in [9.17, 15) is 8.42 Å². The standard InChI is InChI=1S/C33H34Cl3N5O3S/c1-21-16-31(27-18-23(34)6-11-30(27)39-21)38-13-15-41(45(42,43)26-9-7-25(44-3)8-10-26)14-5-4-12-37-32-17-22(2)40-33-28(32)19-24(35)20-29(33)36/h6-11,16-20H,4-5,12-15H2,1-3H3,(H,37,40)(H,38,39). The summed E-state index contributed by atoms with van der Waals surface area (Å²) in [5.41, 5.74) is 4.92. The molecule has 3 aromatic carbocycles. The van der Waals surface area contributed by atoms with Crippen LogP contribution in [-0.2, 0) is 10.0 Å². The van der Waals surface area contributed by atoms with Gasteiger partial charge in [-0.05, 0) is 93.4 Å². The molecule has 0 aliphatic heterocycles. The fourth-order valence-electron chi connectivity index (χ4n) is 5.20. The number of aryl methyl sites for hydroxylation is 2. The van der Waals surface area contributed by atoms with Crippen molar-refractivity contribution in [3.8, 4) is 5.75 Å². The van der Waals surface area contributed by atoms with Crippen molar-refractivity contribution in [3.63, 3.8) is 0 Å². The molecule has 0 unspecified atom stereocenters. The van der Waals surface area contributed by atoms with Gasteiger partial charge in [0.2, 0.25) is 10.0 Å². The summed E-state index contributed by atoms with van der Waals surface area (Å²) in [6.07, 6.45) is 1.37. The van der Waals surface area contributed by atoms with Crippen molar-refractivity contribution in [2.24, 2.45) is 0 Å². The number of hydrogen-bond donors (Lipinski definition) is 2. The average Bonchev–Trinajstić information content (AvgIpc) is 3.00. The van der Waals surface area contributed by atoms with E-state index in [1.54, 1.807) is 43.5 Å². The lowest BCUT2D eigenvalue weighted by Crippen LogP contribution is -2.36. The van der Waals surface area contributed by atoms with E-state index in [1.165, 1.54) is 4.31 Å². The molecule has 0 aliphatic carbocycles. The fourth-order valence-corrected chi connectivity index (χ4v) is 7.39. The molecule has 2 aromatic heterocycles. The van der Waals surface area contributed by atoms with Crippen LogP contribution in [-0.4, -0.2) is 56.0 Å². The van der Waals surface area contributed by atoms with Crippen LogP contribution in [0.15, 0.2) is 71.6 Å². The summed E-state index contributed by atoms with van der Waals surface area (Å²) in [7, 11) is -2.23. The van der Waals surface area contributed by atoms with Crippen LogP contribution < -0.4 is 15.4 Å². The van der Waals surface area contributed by atoms with E-state index >= 15 is 0 Å². The molecule has 0 atom stereocenters. The highest BCUT2D eigenvalue weighted by atomic mass is 35.5. The van der Waals surface area contributed by atoms with Gasteiger partial charge in [0.25, 0.3) is 0 Å². The second-order valence-electron chi connectivity index (χ2n) is 10.7. The number of aromatic nitrogens is 2. The topological polar surface area (TPSA) is 96.5 Å². The summed E-state index contributed by atoms with van der Waals surface area (Å²) in [6, 6.07) is 19.4. The summed E-state index contributed by atoms with van der Waals surface area (Å²) in [5.74, 6) is 0.591. The van der Waals surface area contributed by atoms with E-state index in [-0.39, 0.29) is 11.4 Å². The van der Waals surface area contributed by atoms with Crippen LogP contribution >= 0.6 is 34.8 Å². The fraction of sp³-hybridized carbons (Fsp3) is 0.273. The van der Waals surface area contributed by atoms with Gasteiger partial charge in [-0.1, -0.05) is 34.8 Å². The van der Waals surface area contributed by atoms with Gasteiger partial charge in [0, 0.05) is 69.8 Å². The maximum absolute atomic E-state index is 13.8. The van der Waals surface area contributed by atoms with Crippen LogP contribution in [0.25, 0.3) is 21.8 Å². The van der Waals surface area contributed by atoms with Crippen molar-refractivity contribution in [1.29, 1.82) is 0 Å². The molecule has 0 spiro atoms. The molecule has 0 radical (unpaired) electrons. The Morgan fingerprint density at radius 3 is 2.16 bits per heavy atom. The first-order valence-electron chi connectivity index (χ1n) is 14.5. The Morgan fingerprint density at radius 1 is 0.756 bits per heavy atom. The zero-order valence-corrected chi connectivity index (χ0v) is 28.3. The average molecular weight is 687 g/mol. The number of fused-ring (bicyclic) bond motifs is 2. The molecule has 5 rings (SSSR count). The molecule has 0 amide bonds. The molecule has 12 heteroatoms. The lowest BCUT2D eigenvalue weighted by atomic mass is 10.1. The minimum atomic E-state index is -3.77. The molecule has 0 aliphatic rings. The van der Waals surface area contributed by atoms with Gasteiger partial charge in [0.1, 0.15) is 5.75 Å². The molecule has 2 N–H and O–H groups in total. The number of ether oxygens (including phenoxy) is 1. The molecule has 2 heterocycles. The van der Waals surface area contributed by atoms with Crippen LogP contribution in [0.2, 0.25) is 15.1 Å². The first-order valence-corrected chi connectivity index (χ1v) is 17.1. The van der Waals surface area contributed by atoms with E-state index in [4.69, 9.17) is 39.5 Å². The van der Waals surface area contributed by atoms with Gasteiger partial charge >= 0.3 is 0 Å². The van der Waals surface area contributed by atoms with Crippen molar-refractivity contribution < 1.29 is 13.2 Å². The second kappa shape index (κ2) is 14.4. The number of unbranched alkanes of at least 4 members (excludes halogenated alkanes) is 1. The Labute approximate surface area is 278 Å². The van der Waals surface area contributed by atoms with Crippen molar-refractivity contribution >= 4 is 78.0 Å². The number of halogens is 3. The Bertz CT molecular complexity index is 1940. The predicted molar refractivity (Wildman–Crippen MR) is 186 cm³/mol. The Kier molecular flexibility index (Phi) is 10.6. The van der Waals surface area contributed by atoms with E-state index in [1.807, 2.05) is 44.2 Å². The molecule has 45 heavy (non-hydrogen) atoms. The van der Waals surface area contributed by atoms with Gasteiger partial charge in [-0.15, -0.1) is 0 Å². The maximum Gasteiger partial charge on any atom is 0.243 e. The minimum absolute atomic E-state index is 0.214. The van der Waals surface area contributed by atoms with Crippen molar-refractivity contribution in [3.05, 3.63) is 93.2 Å². The van der Waals surface area contributed by atoms with Crippen LogP contribution in [0.1, 0.15) is 24.2 Å². The number of hydrogen-bond acceptors (Lipinski definition) is 7. The number of methoxy groups -OCH3 is 1. The van der Waals surface area contributed by atoms with Crippen LogP contribution in [0.5, 0.6) is 5.75 Å². The number of rotatable bonds is 13. The van der Waals surface area contributed by atoms with Crippen LogP contribution in [0.4, 0.5) is 11.4 Å². The lowest BCUT2D eigenvalue weighted by Gasteiger charge is -2.23. The predicted octanol–water partition coefficient (Wildman–Crippen LogP) is 8.36. The lowest BCUT2D eigenvalue weighted by molar-refractivity contribution is 0.409. The molecule has 0 fully saturated rings. The van der Waals surface area contributed by atoms with Crippen molar-refractivity contribution in [1.82, 2.24) is 14.3 Å². The van der Waals surface area contributed by atoms with E-state index in [0.29, 0.717) is 52.4 Å². The molecule has 0 bridgehead atoms. The van der Waals surface area contributed by atoms with Gasteiger partial charge in [0.05, 0.1) is 28.1 Å². The van der Waals surface area contributed by atoms with Gasteiger partial charge in [-0.3, -0.25) is 9.97 Å². The molecule has 0 saturated carbocycles. The summed E-state index contributed by atoms with van der Waals surface area (Å²) < 4.78 is 34.4. The highest BCUT2D eigenvalue weighted by molar-refractivity contribution is 7.89. The maximum atomic E-state index is 13.8. The zero-order chi connectivity index (χ0) is 32.1. The highest BCUT2D eigenvalue weighted by Gasteiger charge is 2.24. The van der Waals surface area contributed by atoms with Crippen molar-refractivity contribution in [2.75, 3.05) is 43.9 Å². The number of sulfonamides is 1. The molecular weight excluding hydrogens is 653 g/mol. The number of nitrogens with one attached hydrogen (secondary N) is 2. The summed E-state index contributed by atoms with van der Waals surface area (Å²) in [4.78, 5) is 9.36. The number of anilines is 2. The number of benzene rings is 3. The quantitative estimate of drug-likeness (QED) is 0.120. The second-order valence-corrected chi connectivity index (χ2v) is 13.9. The van der Waals surface area contributed by atoms with Gasteiger partial charge in [-0.2, -0.15) is 4.31 Å². The van der Waals surface area contributed by atoms with E-state index < -0.39 is 10.0 Å². The normalized spacial score (nSPS) is 11.8. The Hall–Kier alpha value is -3.34. The molecule has 8 nitrogen and oxygen atoms in total. The smallest absolute Gasteiger partial charge is 0.243 e. The van der Waals surface area contributed by atoms with E-state index in [0.717, 1.165) is 45.5 Å². The first-order chi connectivity index (χ1) is 21.5. The molecular formula is C33H34Cl3N5O3S. The largest absolute Gasteiger partial charge is 0.497 e. The SMILES string of the molecule is COc1ccc(S(=O)(=O)N(CCCCNc2cc(C)nc3c(Cl)cc(Cl)cc23)CCNc2cc(C)nc3ccc(Cl)cc23)cc1. The van der Waals surface area contributed by atoms with Gasteiger partial charge < -0.3 is 15.4 Å². The van der Waals surface area contributed by atoms with E-state index in [2.05, 4.69) is 20.6 Å². The summed E-state index contributed by atoms with van der Waals surface area (Å²) in [6.45, 7) is 5.45. The Balaban J connectivity index is 1.29. The van der Waals surface area contributed by atoms with Gasteiger partial charge in [0.15, 0.2) is 0 Å². The molecule has 0 saturated heterocycles.